The lowest BCUT2D eigenvalue weighted by Crippen LogP contribution is -1.93. The summed E-state index contributed by atoms with van der Waals surface area (Å²) in [6, 6.07) is 0.421. The molecule has 0 aliphatic heterocycles. The molecule has 0 aliphatic rings. The molecule has 0 atom stereocenters. The van der Waals surface area contributed by atoms with Gasteiger partial charge in [-0.3, -0.25) is 0 Å². The molecule has 0 aromatic carbocycles. The van der Waals surface area contributed by atoms with E-state index < -0.39 is 0 Å². The predicted molar refractivity (Wildman–Crippen MR) is 47.3 cm³/mol. The molecule has 0 radical (unpaired) electrons. The van der Waals surface area contributed by atoms with Gasteiger partial charge in [-0.1, -0.05) is 0 Å². The lowest BCUT2D eigenvalue weighted by molar-refractivity contribution is 0.317. The summed E-state index contributed by atoms with van der Waals surface area (Å²) >= 11 is 0. The Morgan fingerprint density at radius 3 is 3.08 bits per heavy atom. The summed E-state index contributed by atoms with van der Waals surface area (Å²) in [5, 5.41) is 0. The largest absolute Gasteiger partial charge is 0.465 e. The van der Waals surface area contributed by atoms with Gasteiger partial charge in [0.15, 0.2) is 11.5 Å². The number of nitrogens with zero attached hydrogens (tertiary/aromatic N) is 3. The topological polar surface area (TPSA) is 89.7 Å². The molecule has 0 unspecified atom stereocenters. The Morgan fingerprint density at radius 1 is 1.54 bits per heavy atom. The lowest BCUT2D eigenvalue weighted by atomic mass is 10.5. The average molecular weight is 179 g/mol. The van der Waals surface area contributed by atoms with Gasteiger partial charge in [0.1, 0.15) is 11.8 Å². The molecule has 2 aromatic heterocycles. The van der Waals surface area contributed by atoms with Crippen molar-refractivity contribution in [3.63, 3.8) is 0 Å². The number of hydrogen-bond acceptors (Lipinski definition) is 5. The van der Waals surface area contributed by atoms with Crippen LogP contribution in [-0.4, -0.2) is 26.5 Å². The first-order valence-corrected chi connectivity index (χ1v) is 3.90. The van der Waals surface area contributed by atoms with Crippen LogP contribution in [-0.2, 0) is 0 Å². The number of imidazole rings is 1. The first kappa shape index (κ1) is 7.78. The van der Waals surface area contributed by atoms with Gasteiger partial charge < -0.3 is 15.5 Å². The van der Waals surface area contributed by atoms with Gasteiger partial charge in [0.05, 0.1) is 6.61 Å². The van der Waals surface area contributed by atoms with Gasteiger partial charge in [0.25, 0.3) is 6.01 Å². The predicted octanol–water partition coefficient (Wildman–Crippen LogP) is 0.334. The van der Waals surface area contributed by atoms with E-state index in [1.54, 1.807) is 0 Å². The van der Waals surface area contributed by atoms with Crippen LogP contribution in [0.2, 0.25) is 0 Å². The zero-order valence-electron chi connectivity index (χ0n) is 7.11. The second-order valence-corrected chi connectivity index (χ2v) is 2.43. The maximum Gasteiger partial charge on any atom is 0.296 e. The monoisotopic (exact) mass is 179 g/mol. The number of nitrogens with two attached hydrogens (primary N) is 1. The van der Waals surface area contributed by atoms with Crippen LogP contribution in [0, 0.1) is 0 Å². The fraction of sp³-hybridized carbons (Fsp3) is 0.286. The third kappa shape index (κ3) is 1.26. The Morgan fingerprint density at radius 2 is 2.38 bits per heavy atom. The SMILES string of the molecule is CCOc1nc2ncnc(N)c2[nH]1. The van der Waals surface area contributed by atoms with Gasteiger partial charge in [-0.05, 0) is 6.92 Å². The second-order valence-electron chi connectivity index (χ2n) is 2.43. The number of rotatable bonds is 2. The molecule has 0 spiro atoms. The molecule has 13 heavy (non-hydrogen) atoms. The van der Waals surface area contributed by atoms with Crippen LogP contribution in [0.3, 0.4) is 0 Å². The highest BCUT2D eigenvalue weighted by Gasteiger charge is 2.06. The van der Waals surface area contributed by atoms with Crippen LogP contribution in [0.5, 0.6) is 6.01 Å². The summed E-state index contributed by atoms with van der Waals surface area (Å²) in [5.41, 5.74) is 6.73. The van der Waals surface area contributed by atoms with Crippen molar-refractivity contribution in [2.75, 3.05) is 12.3 Å². The maximum absolute atomic E-state index is 5.59. The van der Waals surface area contributed by atoms with Gasteiger partial charge in [-0.2, -0.15) is 4.98 Å². The van der Waals surface area contributed by atoms with Crippen molar-refractivity contribution in [2.45, 2.75) is 6.92 Å². The molecule has 6 nitrogen and oxygen atoms in total. The minimum absolute atomic E-state index is 0.378. The smallest absolute Gasteiger partial charge is 0.296 e. The van der Waals surface area contributed by atoms with Crippen molar-refractivity contribution in [3.8, 4) is 6.01 Å². The Kier molecular flexibility index (Phi) is 1.73. The zero-order chi connectivity index (χ0) is 9.26. The molecule has 2 heterocycles. The van der Waals surface area contributed by atoms with E-state index in [4.69, 9.17) is 10.5 Å². The third-order valence-corrected chi connectivity index (χ3v) is 1.58. The van der Waals surface area contributed by atoms with Crippen LogP contribution < -0.4 is 10.5 Å². The van der Waals surface area contributed by atoms with Crippen LogP contribution in [0.15, 0.2) is 6.33 Å². The minimum atomic E-state index is 0.378. The van der Waals surface area contributed by atoms with Crippen LogP contribution in [0.4, 0.5) is 5.82 Å². The standard InChI is InChI=1S/C7H9N5O/c1-2-13-7-11-4-5(8)9-3-10-6(4)12-7/h3H,2H2,1H3,(H3,8,9,10,11,12). The van der Waals surface area contributed by atoms with Crippen molar-refractivity contribution in [3.05, 3.63) is 6.33 Å². The van der Waals surface area contributed by atoms with E-state index in [9.17, 15) is 0 Å². The summed E-state index contributed by atoms with van der Waals surface area (Å²) in [5.74, 6) is 0.378. The van der Waals surface area contributed by atoms with Crippen molar-refractivity contribution in [1.29, 1.82) is 0 Å². The molecule has 0 bridgehead atoms. The van der Waals surface area contributed by atoms with Gasteiger partial charge in [-0.25, -0.2) is 9.97 Å². The Bertz CT molecular complexity index is 424. The number of aromatic nitrogens is 4. The van der Waals surface area contributed by atoms with E-state index >= 15 is 0 Å². The van der Waals surface area contributed by atoms with Gasteiger partial charge in [0.2, 0.25) is 0 Å². The molecule has 2 rings (SSSR count). The van der Waals surface area contributed by atoms with E-state index in [1.807, 2.05) is 6.92 Å². The van der Waals surface area contributed by atoms with E-state index in [0.29, 0.717) is 29.6 Å². The molecule has 2 aromatic rings. The molecule has 3 N–H and O–H groups in total. The first-order valence-electron chi connectivity index (χ1n) is 3.90. The molecule has 0 saturated heterocycles. The van der Waals surface area contributed by atoms with Gasteiger partial charge >= 0.3 is 0 Å². The Balaban J connectivity index is 2.55. The van der Waals surface area contributed by atoms with Crippen LogP contribution in [0.25, 0.3) is 11.2 Å². The molecular formula is C7H9N5O. The lowest BCUT2D eigenvalue weighted by Gasteiger charge is -1.93. The number of fused-ring (bicyclic) bond motifs is 1. The first-order chi connectivity index (χ1) is 6.31. The van der Waals surface area contributed by atoms with E-state index in [-0.39, 0.29) is 0 Å². The number of nitrogens with one attached hydrogen (secondary N) is 1. The van der Waals surface area contributed by atoms with Crippen LogP contribution >= 0.6 is 0 Å². The fourth-order valence-corrected chi connectivity index (χ4v) is 1.03. The normalized spacial score (nSPS) is 10.5. The van der Waals surface area contributed by atoms with Crippen molar-refractivity contribution in [1.82, 2.24) is 19.9 Å². The van der Waals surface area contributed by atoms with E-state index in [2.05, 4.69) is 19.9 Å². The number of hydrogen-bond donors (Lipinski definition) is 2. The van der Waals surface area contributed by atoms with Crippen molar-refractivity contribution >= 4 is 17.0 Å². The number of H-pyrrole nitrogens is 1. The van der Waals surface area contributed by atoms with E-state index in [1.165, 1.54) is 6.33 Å². The van der Waals surface area contributed by atoms with Gasteiger partial charge in [0, 0.05) is 0 Å². The Labute approximate surface area is 74.2 Å². The number of nitrogen functional groups attached to an aromatic ring is 1. The molecule has 0 amide bonds. The fourth-order valence-electron chi connectivity index (χ4n) is 1.03. The highest BCUT2D eigenvalue weighted by molar-refractivity contribution is 5.81. The minimum Gasteiger partial charge on any atom is -0.465 e. The zero-order valence-corrected chi connectivity index (χ0v) is 7.11. The molecule has 0 saturated carbocycles. The second kappa shape index (κ2) is 2.89. The van der Waals surface area contributed by atoms with E-state index in [0.717, 1.165) is 0 Å². The summed E-state index contributed by atoms with van der Waals surface area (Å²) in [6.07, 6.45) is 1.37. The number of ether oxygens (including phenoxy) is 1. The Hall–Kier alpha value is -1.85. The van der Waals surface area contributed by atoms with Crippen LogP contribution in [0.1, 0.15) is 6.92 Å². The summed E-state index contributed by atoms with van der Waals surface area (Å²) in [7, 11) is 0. The number of anilines is 1. The molecule has 0 fully saturated rings. The third-order valence-electron chi connectivity index (χ3n) is 1.58. The van der Waals surface area contributed by atoms with Gasteiger partial charge in [-0.15, -0.1) is 0 Å². The summed E-state index contributed by atoms with van der Waals surface area (Å²) < 4.78 is 5.16. The molecule has 68 valence electrons. The van der Waals surface area contributed by atoms with Crippen molar-refractivity contribution in [2.24, 2.45) is 0 Å². The molecular weight excluding hydrogens is 170 g/mol. The highest BCUT2D eigenvalue weighted by Crippen LogP contribution is 2.16. The molecule has 6 heteroatoms. The number of aromatic amines is 1. The maximum atomic E-state index is 5.59. The highest BCUT2D eigenvalue weighted by atomic mass is 16.5. The van der Waals surface area contributed by atoms with Crippen molar-refractivity contribution < 1.29 is 4.74 Å². The summed E-state index contributed by atoms with van der Waals surface area (Å²) in [6.45, 7) is 2.43. The average Bonchev–Trinajstić information content (AvgIpc) is 2.49. The summed E-state index contributed by atoms with van der Waals surface area (Å²) in [4.78, 5) is 14.7. The molecule has 0 aliphatic carbocycles. The quantitative estimate of drug-likeness (QED) is 0.693.